The molecule has 2 fully saturated rings. The van der Waals surface area contributed by atoms with Gasteiger partial charge in [-0.25, -0.2) is 9.78 Å². The van der Waals surface area contributed by atoms with Gasteiger partial charge in [-0.1, -0.05) is 182 Å². The average Bonchev–Trinajstić information content (AvgIpc) is 3.35. The fourth-order valence-corrected chi connectivity index (χ4v) is 7.88. The lowest BCUT2D eigenvalue weighted by Gasteiger charge is -2.42. The molecule has 64 heavy (non-hydrogen) atoms. The van der Waals surface area contributed by atoms with Crippen molar-refractivity contribution in [2.75, 3.05) is 13.2 Å². The number of ether oxygens (including phenoxy) is 8. The molecule has 0 amide bonds. The van der Waals surface area contributed by atoms with Crippen molar-refractivity contribution >= 4 is 0 Å². The van der Waals surface area contributed by atoms with Gasteiger partial charge in [-0.15, -0.1) is 0 Å². The molecule has 0 spiro atoms. The summed E-state index contributed by atoms with van der Waals surface area (Å²) >= 11 is 0. The summed E-state index contributed by atoms with van der Waals surface area (Å²) in [7, 11) is 0. The molecule has 2 aliphatic heterocycles. The van der Waals surface area contributed by atoms with E-state index in [-0.39, 0.29) is 13.2 Å². The molecule has 0 radical (unpaired) electrons. The van der Waals surface area contributed by atoms with Crippen LogP contribution in [0.5, 0.6) is 0 Å². The van der Waals surface area contributed by atoms with Gasteiger partial charge in [-0.2, -0.15) is 0 Å². The molecule has 2 heterocycles. The van der Waals surface area contributed by atoms with E-state index in [1.807, 2.05) is 182 Å². The molecule has 0 aromatic heterocycles. The molecule has 6 aromatic carbocycles. The van der Waals surface area contributed by atoms with Crippen molar-refractivity contribution in [1.82, 2.24) is 0 Å². The summed E-state index contributed by atoms with van der Waals surface area (Å²) in [6.45, 7) is 2.78. The van der Waals surface area contributed by atoms with Gasteiger partial charge in [0.2, 0.25) is 0 Å². The van der Waals surface area contributed by atoms with Gasteiger partial charge >= 0.3 is 0 Å². The van der Waals surface area contributed by atoms with Crippen molar-refractivity contribution in [3.05, 3.63) is 215 Å². The van der Waals surface area contributed by atoms with Crippen LogP contribution in [-0.2, 0) is 87.3 Å². The van der Waals surface area contributed by atoms with Gasteiger partial charge in [0, 0.05) is 12.8 Å². The van der Waals surface area contributed by atoms with Gasteiger partial charge in [-0.05, 0) is 33.4 Å². The summed E-state index contributed by atoms with van der Waals surface area (Å²) in [5.41, 5.74) is 6.29. The quantitative estimate of drug-likeness (QED) is 0.0458. The molecule has 0 N–H and O–H groups in total. The summed E-state index contributed by atoms with van der Waals surface area (Å²) in [5.74, 6) is 0. The maximum atomic E-state index is 6.67. The van der Waals surface area contributed by atoms with Crippen LogP contribution in [0.25, 0.3) is 0 Å². The normalized spacial score (nSPS) is 23.4. The summed E-state index contributed by atoms with van der Waals surface area (Å²) in [6.07, 6.45) is -3.95. The number of rotatable bonds is 23. The fraction of sp³-hybridized carbons (Fsp3) is 0.333. The van der Waals surface area contributed by atoms with Crippen molar-refractivity contribution in [2.45, 2.75) is 102 Å². The number of hydrogen-bond acceptors (Lipinski definition) is 10. The van der Waals surface area contributed by atoms with Crippen LogP contribution in [0.2, 0.25) is 0 Å². The van der Waals surface area contributed by atoms with Crippen LogP contribution < -0.4 is 0 Å². The van der Waals surface area contributed by atoms with E-state index in [0.29, 0.717) is 52.5 Å². The van der Waals surface area contributed by atoms with E-state index in [9.17, 15) is 0 Å². The minimum absolute atomic E-state index is 0.232. The van der Waals surface area contributed by atoms with Crippen molar-refractivity contribution in [1.29, 1.82) is 0 Å². The van der Waals surface area contributed by atoms with Crippen molar-refractivity contribution in [2.24, 2.45) is 0 Å². The SMILES string of the molecule is c1ccc(COCC2O[C@H](OO[C@@H]3C[C@H](OCc4ccccc4)[C@@H](OCc4ccccc4)C(COCc4ccccc4)O3)C[C@H](OCc3ccccc3)[C@H]2OCc2ccccc2)cc1. The van der Waals surface area contributed by atoms with Gasteiger partial charge in [0.05, 0.1) is 65.1 Å². The molecule has 0 bridgehead atoms. The van der Waals surface area contributed by atoms with Crippen molar-refractivity contribution in [3.8, 4) is 0 Å². The Hall–Kier alpha value is -5.08. The van der Waals surface area contributed by atoms with Crippen LogP contribution in [0.3, 0.4) is 0 Å². The molecular formula is C54H58O10. The van der Waals surface area contributed by atoms with E-state index in [0.717, 1.165) is 33.4 Å². The third-order valence-corrected chi connectivity index (χ3v) is 11.2. The minimum Gasteiger partial charge on any atom is -0.374 e. The van der Waals surface area contributed by atoms with Gasteiger partial charge < -0.3 is 37.9 Å². The Kier molecular flexibility index (Phi) is 17.7. The Balaban J connectivity index is 0.995. The maximum Gasteiger partial charge on any atom is 0.194 e. The van der Waals surface area contributed by atoms with E-state index in [4.69, 9.17) is 47.7 Å². The largest absolute Gasteiger partial charge is 0.374 e. The Morgan fingerprint density at radius 2 is 0.594 bits per heavy atom. The number of benzene rings is 6. The van der Waals surface area contributed by atoms with Crippen LogP contribution in [0.4, 0.5) is 0 Å². The molecule has 0 aliphatic carbocycles. The second kappa shape index (κ2) is 24.8. The molecule has 6 aromatic rings. The zero-order chi connectivity index (χ0) is 43.4. The summed E-state index contributed by atoms with van der Waals surface area (Å²) in [5, 5.41) is 0. The molecule has 10 nitrogen and oxygen atoms in total. The molecule has 2 unspecified atom stereocenters. The zero-order valence-corrected chi connectivity index (χ0v) is 36.1. The highest BCUT2D eigenvalue weighted by Crippen LogP contribution is 2.32. The van der Waals surface area contributed by atoms with E-state index in [1.165, 1.54) is 0 Å². The molecule has 334 valence electrons. The van der Waals surface area contributed by atoms with Gasteiger partial charge in [0.15, 0.2) is 12.6 Å². The molecular weight excluding hydrogens is 809 g/mol. The molecule has 0 saturated carbocycles. The van der Waals surface area contributed by atoms with E-state index < -0.39 is 49.2 Å². The summed E-state index contributed by atoms with van der Waals surface area (Å²) in [6, 6.07) is 60.5. The lowest BCUT2D eigenvalue weighted by molar-refractivity contribution is -0.467. The van der Waals surface area contributed by atoms with Gasteiger partial charge in [-0.3, -0.25) is 0 Å². The predicted molar refractivity (Wildman–Crippen MR) is 241 cm³/mol. The van der Waals surface area contributed by atoms with Crippen LogP contribution >= 0.6 is 0 Å². The van der Waals surface area contributed by atoms with Crippen LogP contribution in [0, 0.1) is 0 Å². The first-order valence-electron chi connectivity index (χ1n) is 22.2. The first-order valence-corrected chi connectivity index (χ1v) is 22.2. The van der Waals surface area contributed by atoms with E-state index in [1.54, 1.807) is 0 Å². The highest BCUT2D eigenvalue weighted by atomic mass is 17.2. The van der Waals surface area contributed by atoms with Crippen molar-refractivity contribution < 1.29 is 47.7 Å². The molecule has 10 heteroatoms. The first kappa shape index (κ1) is 45.5. The lowest BCUT2D eigenvalue weighted by Crippen LogP contribution is -2.54. The van der Waals surface area contributed by atoms with Crippen LogP contribution in [0.15, 0.2) is 182 Å². The Labute approximate surface area is 376 Å². The van der Waals surface area contributed by atoms with E-state index >= 15 is 0 Å². The Bertz CT molecular complexity index is 1990. The Morgan fingerprint density at radius 3 is 0.891 bits per heavy atom. The van der Waals surface area contributed by atoms with Crippen LogP contribution in [0.1, 0.15) is 46.2 Å². The standard InChI is InChI=1S/C54H58O10/c1-7-19-41(20-8-1)33-55-39-49-53(59-37-45-27-15-5-16-28-45)47(57-35-43-23-11-3-12-24-43)31-51(61-49)63-64-52-32-48(58-36-44-25-13-4-14-26-44)54(60-38-46-29-17-6-18-30-46)50(62-52)40-56-34-42-21-9-2-10-22-42/h1-30,47-54H,31-40H2/t47-,48-,49?,50?,51+,52+,53+,54+/m0/s1. The predicted octanol–water partition coefficient (Wildman–Crippen LogP) is 9.94. The average molecular weight is 867 g/mol. The maximum absolute atomic E-state index is 6.67. The summed E-state index contributed by atoms with van der Waals surface area (Å²) in [4.78, 5) is 12.5. The molecule has 2 saturated heterocycles. The second-order valence-corrected chi connectivity index (χ2v) is 16.1. The Morgan fingerprint density at radius 1 is 0.328 bits per heavy atom. The van der Waals surface area contributed by atoms with Gasteiger partial charge in [0.1, 0.15) is 24.4 Å². The van der Waals surface area contributed by atoms with Crippen LogP contribution in [-0.4, -0.2) is 62.4 Å². The van der Waals surface area contributed by atoms with Crippen molar-refractivity contribution in [3.63, 3.8) is 0 Å². The second-order valence-electron chi connectivity index (χ2n) is 16.1. The lowest BCUT2D eigenvalue weighted by atomic mass is 10.0. The number of hydrogen-bond donors (Lipinski definition) is 0. The molecule has 2 aliphatic rings. The third kappa shape index (κ3) is 14.2. The fourth-order valence-electron chi connectivity index (χ4n) is 7.88. The topological polar surface area (TPSA) is 92.3 Å². The molecule has 8 atom stereocenters. The first-order chi connectivity index (χ1) is 31.7. The van der Waals surface area contributed by atoms with Gasteiger partial charge in [0.25, 0.3) is 0 Å². The zero-order valence-electron chi connectivity index (χ0n) is 36.1. The highest BCUT2D eigenvalue weighted by molar-refractivity contribution is 5.17. The minimum atomic E-state index is -0.838. The summed E-state index contributed by atoms with van der Waals surface area (Å²) < 4.78 is 52.6. The molecule has 8 rings (SSSR count). The monoisotopic (exact) mass is 866 g/mol. The smallest absolute Gasteiger partial charge is 0.194 e. The highest BCUT2D eigenvalue weighted by Gasteiger charge is 2.45. The van der Waals surface area contributed by atoms with E-state index in [2.05, 4.69) is 0 Å². The third-order valence-electron chi connectivity index (χ3n) is 11.2.